The molecule has 0 bridgehead atoms. The summed E-state index contributed by atoms with van der Waals surface area (Å²) in [6.45, 7) is 0.0170. The van der Waals surface area contributed by atoms with Gasteiger partial charge in [-0.2, -0.15) is 10.2 Å². The molecular formula is C18H15BrN6OS. The average molecular weight is 443 g/mol. The van der Waals surface area contributed by atoms with E-state index in [1.165, 1.54) is 11.9 Å². The lowest BCUT2D eigenvalue weighted by Crippen LogP contribution is -2.02. The van der Waals surface area contributed by atoms with Crippen LogP contribution in [0.3, 0.4) is 0 Å². The minimum absolute atomic E-state index is 0.0170. The van der Waals surface area contributed by atoms with E-state index in [0.29, 0.717) is 17.5 Å². The van der Waals surface area contributed by atoms with Crippen molar-refractivity contribution in [3.05, 3.63) is 59.2 Å². The number of nitrogens with zero attached hydrogens (tertiary/aromatic N) is 3. The van der Waals surface area contributed by atoms with Crippen molar-refractivity contribution < 1.29 is 4.74 Å². The van der Waals surface area contributed by atoms with Crippen molar-refractivity contribution in [1.82, 2.24) is 9.97 Å². The summed E-state index contributed by atoms with van der Waals surface area (Å²) in [5, 5.41) is 20.5. The number of nitrogens with one attached hydrogen (secondary N) is 2. The highest BCUT2D eigenvalue weighted by Crippen LogP contribution is 2.27. The fourth-order valence-electron chi connectivity index (χ4n) is 2.18. The smallest absolute Gasteiger partial charge is 0.229 e. The molecule has 0 atom stereocenters. The van der Waals surface area contributed by atoms with Crippen LogP contribution in [-0.2, 0) is 0 Å². The van der Waals surface area contributed by atoms with Crippen LogP contribution in [0.2, 0.25) is 0 Å². The van der Waals surface area contributed by atoms with E-state index in [0.717, 1.165) is 20.7 Å². The molecule has 0 aliphatic rings. The third-order valence-electron chi connectivity index (χ3n) is 3.39. The molecule has 0 unspecified atom stereocenters. The van der Waals surface area contributed by atoms with Gasteiger partial charge < -0.3 is 15.4 Å². The minimum atomic E-state index is 0.0170. The summed E-state index contributed by atoms with van der Waals surface area (Å²) < 4.78 is 5.97. The molecule has 0 spiro atoms. The van der Waals surface area contributed by atoms with Crippen LogP contribution in [0.4, 0.5) is 23.1 Å². The quantitative estimate of drug-likeness (QED) is 0.455. The largest absolute Gasteiger partial charge is 0.479 e. The minimum Gasteiger partial charge on any atom is -0.479 e. The van der Waals surface area contributed by atoms with Crippen LogP contribution in [0.1, 0.15) is 0 Å². The highest BCUT2D eigenvalue weighted by Gasteiger charge is 2.07. The van der Waals surface area contributed by atoms with Crippen molar-refractivity contribution in [1.29, 1.82) is 5.26 Å². The van der Waals surface area contributed by atoms with Gasteiger partial charge in [-0.25, -0.2) is 4.98 Å². The Morgan fingerprint density at radius 3 is 2.70 bits per heavy atom. The Morgan fingerprint density at radius 1 is 1.15 bits per heavy atom. The lowest BCUT2D eigenvalue weighted by atomic mass is 10.3. The molecule has 27 heavy (non-hydrogen) atoms. The zero-order chi connectivity index (χ0) is 19.1. The van der Waals surface area contributed by atoms with Crippen molar-refractivity contribution in [2.45, 2.75) is 4.90 Å². The summed E-state index contributed by atoms with van der Waals surface area (Å²) in [5.41, 5.74) is 1.67. The lowest BCUT2D eigenvalue weighted by Gasteiger charge is -2.11. The number of hydrogen-bond donors (Lipinski definition) is 3. The predicted molar refractivity (Wildman–Crippen MR) is 110 cm³/mol. The highest BCUT2D eigenvalue weighted by molar-refractivity contribution is 9.10. The summed E-state index contributed by atoms with van der Waals surface area (Å²) in [4.78, 5) is 9.72. The second-order valence-corrected chi connectivity index (χ2v) is 6.82. The molecule has 1 heterocycles. The first-order chi connectivity index (χ1) is 13.2. The van der Waals surface area contributed by atoms with Gasteiger partial charge in [-0.1, -0.05) is 6.07 Å². The summed E-state index contributed by atoms with van der Waals surface area (Å²) >= 11 is 4.63. The van der Waals surface area contributed by atoms with Crippen LogP contribution >= 0.6 is 27.9 Å². The van der Waals surface area contributed by atoms with Crippen molar-refractivity contribution in [2.24, 2.45) is 5.14 Å². The van der Waals surface area contributed by atoms with Crippen LogP contribution in [0, 0.1) is 11.3 Å². The second-order valence-electron chi connectivity index (χ2n) is 5.26. The van der Waals surface area contributed by atoms with Crippen molar-refractivity contribution >= 4 is 51.0 Å². The molecule has 0 radical (unpaired) electrons. The number of aromatic nitrogens is 2. The molecule has 0 aliphatic heterocycles. The SMILES string of the molecule is N#CCOc1ccc(Nc2nc(Nc3cccc(SN)c3)ncc2Br)cc1. The van der Waals surface area contributed by atoms with Crippen LogP contribution in [0.15, 0.2) is 64.1 Å². The van der Waals surface area contributed by atoms with Gasteiger partial charge in [0, 0.05) is 22.5 Å². The van der Waals surface area contributed by atoms with Crippen molar-refractivity contribution in [2.75, 3.05) is 17.2 Å². The third kappa shape index (κ3) is 5.34. The van der Waals surface area contributed by atoms with E-state index in [1.807, 2.05) is 42.5 Å². The first-order valence-corrected chi connectivity index (χ1v) is 9.48. The maximum absolute atomic E-state index is 8.55. The molecular weight excluding hydrogens is 428 g/mol. The highest BCUT2D eigenvalue weighted by atomic mass is 79.9. The van der Waals surface area contributed by atoms with Gasteiger partial charge in [-0.05, 0) is 70.3 Å². The average Bonchev–Trinajstić information content (AvgIpc) is 2.70. The molecule has 3 aromatic rings. The van der Waals surface area contributed by atoms with Crippen molar-refractivity contribution in [3.63, 3.8) is 0 Å². The standard InChI is InChI=1S/C18H15BrN6OS/c19-16-11-22-18(24-13-2-1-3-15(10-13)27-21)25-17(16)23-12-4-6-14(7-5-12)26-9-8-20/h1-7,10-11H,9,21H2,(H2,22,23,24,25). The lowest BCUT2D eigenvalue weighted by molar-refractivity contribution is 0.368. The normalized spacial score (nSPS) is 10.1. The van der Waals surface area contributed by atoms with E-state index >= 15 is 0 Å². The monoisotopic (exact) mass is 442 g/mol. The van der Waals surface area contributed by atoms with E-state index in [-0.39, 0.29) is 6.61 Å². The van der Waals surface area contributed by atoms with E-state index in [9.17, 15) is 0 Å². The van der Waals surface area contributed by atoms with E-state index in [2.05, 4.69) is 36.5 Å². The fourth-order valence-corrected chi connectivity index (χ4v) is 2.82. The number of rotatable bonds is 7. The van der Waals surface area contributed by atoms with Gasteiger partial charge in [0.15, 0.2) is 6.61 Å². The molecule has 0 fully saturated rings. The fraction of sp³-hybridized carbons (Fsp3) is 0.0556. The number of benzene rings is 2. The number of hydrogen-bond acceptors (Lipinski definition) is 8. The van der Waals surface area contributed by atoms with E-state index < -0.39 is 0 Å². The molecule has 3 rings (SSSR count). The number of halogens is 1. The summed E-state index contributed by atoms with van der Waals surface area (Å²) in [7, 11) is 0. The Kier molecular flexibility index (Phi) is 6.49. The molecule has 1 aromatic heterocycles. The molecule has 0 saturated heterocycles. The summed E-state index contributed by atoms with van der Waals surface area (Å²) in [6.07, 6.45) is 1.67. The van der Waals surface area contributed by atoms with Gasteiger partial charge in [0.25, 0.3) is 0 Å². The zero-order valence-electron chi connectivity index (χ0n) is 14.0. The number of nitriles is 1. The molecule has 9 heteroatoms. The van der Waals surface area contributed by atoms with E-state index in [4.69, 9.17) is 15.1 Å². The molecule has 0 saturated carbocycles. The van der Waals surface area contributed by atoms with Gasteiger partial charge in [-0.15, -0.1) is 0 Å². The van der Waals surface area contributed by atoms with E-state index in [1.54, 1.807) is 18.3 Å². The molecule has 2 aromatic carbocycles. The first-order valence-electron chi connectivity index (χ1n) is 7.81. The maximum atomic E-state index is 8.55. The number of anilines is 4. The van der Waals surface area contributed by atoms with Crippen LogP contribution < -0.4 is 20.5 Å². The van der Waals surface area contributed by atoms with Gasteiger partial charge in [-0.3, -0.25) is 5.14 Å². The van der Waals surface area contributed by atoms with Gasteiger partial charge in [0.05, 0.1) is 4.47 Å². The Labute approximate surface area is 169 Å². The van der Waals surface area contributed by atoms with Crippen LogP contribution in [0.25, 0.3) is 0 Å². The molecule has 136 valence electrons. The number of ether oxygens (including phenoxy) is 1. The topological polar surface area (TPSA) is 109 Å². The Bertz CT molecular complexity index is 961. The van der Waals surface area contributed by atoms with Gasteiger partial charge >= 0.3 is 0 Å². The summed E-state index contributed by atoms with van der Waals surface area (Å²) in [5.74, 6) is 1.69. The van der Waals surface area contributed by atoms with Gasteiger partial charge in [0.1, 0.15) is 17.6 Å². The molecule has 7 nitrogen and oxygen atoms in total. The zero-order valence-corrected chi connectivity index (χ0v) is 16.4. The van der Waals surface area contributed by atoms with Gasteiger partial charge in [0.2, 0.25) is 5.95 Å². The molecule has 0 aliphatic carbocycles. The van der Waals surface area contributed by atoms with Crippen LogP contribution in [-0.4, -0.2) is 16.6 Å². The van der Waals surface area contributed by atoms with Crippen molar-refractivity contribution in [3.8, 4) is 11.8 Å². The third-order valence-corrected chi connectivity index (χ3v) is 4.50. The first kappa shape index (κ1) is 19.0. The second kappa shape index (κ2) is 9.23. The number of nitrogens with two attached hydrogens (primary N) is 1. The Hall–Kier alpha value is -2.80. The Balaban J connectivity index is 1.74. The predicted octanol–water partition coefficient (Wildman–Crippen LogP) is 4.59. The summed E-state index contributed by atoms with van der Waals surface area (Å²) in [6, 6.07) is 16.9. The Morgan fingerprint density at radius 2 is 1.96 bits per heavy atom. The van der Waals surface area contributed by atoms with Crippen LogP contribution in [0.5, 0.6) is 5.75 Å². The molecule has 4 N–H and O–H groups in total. The maximum Gasteiger partial charge on any atom is 0.229 e. The molecule has 0 amide bonds.